The molecule has 1 aromatic heterocycles. The molecule has 96 valence electrons. The van der Waals surface area contributed by atoms with Gasteiger partial charge in [-0.2, -0.15) is 0 Å². The second-order valence-electron chi connectivity index (χ2n) is 5.60. The van der Waals surface area contributed by atoms with E-state index in [1.54, 1.807) is 8.46 Å². The van der Waals surface area contributed by atoms with Gasteiger partial charge in [0, 0.05) is 0 Å². The van der Waals surface area contributed by atoms with Gasteiger partial charge in [-0.3, -0.25) is 0 Å². The van der Waals surface area contributed by atoms with Gasteiger partial charge >= 0.3 is 130 Å². The SMILES string of the molecule is CCCCCCc1c[c]([Sn][C](C)(C)C)sc1Br. The Morgan fingerprint density at radius 2 is 1.94 bits per heavy atom. The van der Waals surface area contributed by atoms with E-state index in [1.807, 2.05) is 11.3 Å². The van der Waals surface area contributed by atoms with Crippen LogP contribution in [0.3, 0.4) is 0 Å². The van der Waals surface area contributed by atoms with Crippen molar-refractivity contribution in [2.75, 3.05) is 0 Å². The molecule has 0 nitrogen and oxygen atoms in total. The summed E-state index contributed by atoms with van der Waals surface area (Å²) < 4.78 is 3.65. The zero-order chi connectivity index (χ0) is 12.9. The first kappa shape index (κ1) is 16.0. The van der Waals surface area contributed by atoms with E-state index in [2.05, 4.69) is 49.7 Å². The van der Waals surface area contributed by atoms with Crippen molar-refractivity contribution < 1.29 is 0 Å². The van der Waals surface area contributed by atoms with Crippen molar-refractivity contribution in [1.82, 2.24) is 0 Å². The Morgan fingerprint density at radius 3 is 2.53 bits per heavy atom. The summed E-state index contributed by atoms with van der Waals surface area (Å²) in [5, 5.41) is 0. The summed E-state index contributed by atoms with van der Waals surface area (Å²) in [5.41, 5.74) is 1.56. The Balaban J connectivity index is 2.50. The van der Waals surface area contributed by atoms with Gasteiger partial charge in [-0.1, -0.05) is 0 Å². The molecule has 0 amide bonds. The van der Waals surface area contributed by atoms with E-state index in [0.717, 1.165) is 0 Å². The summed E-state index contributed by atoms with van der Waals surface area (Å²) in [7, 11) is 0. The Morgan fingerprint density at radius 1 is 1.24 bits per heavy atom. The van der Waals surface area contributed by atoms with Crippen molar-refractivity contribution in [3.8, 4) is 0 Å². The quantitative estimate of drug-likeness (QED) is 0.438. The maximum absolute atomic E-state index is 3.74. The van der Waals surface area contributed by atoms with E-state index in [9.17, 15) is 0 Å². The van der Waals surface area contributed by atoms with Gasteiger partial charge in [0.15, 0.2) is 0 Å². The van der Waals surface area contributed by atoms with Crippen molar-refractivity contribution in [1.29, 1.82) is 0 Å². The zero-order valence-electron chi connectivity index (χ0n) is 11.4. The summed E-state index contributed by atoms with van der Waals surface area (Å²) in [6.07, 6.45) is 6.71. The molecule has 3 heteroatoms. The summed E-state index contributed by atoms with van der Waals surface area (Å²) in [5.74, 6) is 0. The normalized spacial score (nSPS) is 12.1. The van der Waals surface area contributed by atoms with E-state index in [1.165, 1.54) is 35.9 Å². The minimum atomic E-state index is -0.410. The molecule has 0 saturated carbocycles. The number of rotatable bonds is 6. The fraction of sp³-hybridized carbons (Fsp3) is 0.714. The van der Waals surface area contributed by atoms with Crippen molar-refractivity contribution >= 4 is 51.3 Å². The first-order valence-electron chi connectivity index (χ1n) is 6.49. The number of halogens is 1. The van der Waals surface area contributed by atoms with Crippen LogP contribution in [-0.4, -0.2) is 21.1 Å². The fourth-order valence-electron chi connectivity index (χ4n) is 1.75. The molecule has 1 aromatic rings. The average Bonchev–Trinajstić information content (AvgIpc) is 2.51. The van der Waals surface area contributed by atoms with Gasteiger partial charge < -0.3 is 0 Å². The molecule has 0 spiro atoms. The van der Waals surface area contributed by atoms with Crippen molar-refractivity contribution in [3.63, 3.8) is 0 Å². The number of aryl methyl sites for hydroxylation is 1. The molecule has 0 N–H and O–H groups in total. The topological polar surface area (TPSA) is 0 Å². The molecule has 0 fully saturated rings. The Kier molecular flexibility index (Phi) is 7.11. The molecular weight excluding hydrogens is 399 g/mol. The standard InChI is InChI=1S/C10H14BrS.C4H9.Sn/c1-2-3-4-5-6-9-7-8-12-10(9)11;1-4(2)3;/h7H,2-6H2,1H3;1-3H3;. The van der Waals surface area contributed by atoms with Gasteiger partial charge in [0.25, 0.3) is 0 Å². The van der Waals surface area contributed by atoms with Crippen LogP contribution in [-0.2, 0) is 6.42 Å². The number of hydrogen-bond donors (Lipinski definition) is 0. The van der Waals surface area contributed by atoms with Crippen molar-refractivity contribution in [2.24, 2.45) is 0 Å². The van der Waals surface area contributed by atoms with E-state index in [0.29, 0.717) is 3.43 Å². The van der Waals surface area contributed by atoms with Crippen LogP contribution in [0.25, 0.3) is 0 Å². The van der Waals surface area contributed by atoms with Crippen molar-refractivity contribution in [2.45, 2.75) is 63.2 Å². The monoisotopic (exact) mass is 422 g/mol. The first-order chi connectivity index (χ1) is 7.92. The van der Waals surface area contributed by atoms with Crippen LogP contribution in [0, 0.1) is 0 Å². The summed E-state index contributed by atoms with van der Waals surface area (Å²) in [6, 6.07) is 2.48. The maximum atomic E-state index is 3.74. The molecule has 0 aliphatic heterocycles. The molecule has 17 heavy (non-hydrogen) atoms. The average molecular weight is 422 g/mol. The second-order valence-corrected chi connectivity index (χ2v) is 15.5. The van der Waals surface area contributed by atoms with Crippen LogP contribution in [0.5, 0.6) is 0 Å². The van der Waals surface area contributed by atoms with Gasteiger partial charge in [0.2, 0.25) is 0 Å². The number of thiophene rings is 1. The molecule has 1 heterocycles. The zero-order valence-corrected chi connectivity index (χ0v) is 16.7. The van der Waals surface area contributed by atoms with Crippen LogP contribution >= 0.6 is 27.3 Å². The molecule has 0 aliphatic rings. The third kappa shape index (κ3) is 6.63. The molecular formula is C14H23BrSSn. The Labute approximate surface area is 129 Å². The van der Waals surface area contributed by atoms with E-state index in [4.69, 9.17) is 0 Å². The predicted octanol–water partition coefficient (Wildman–Crippen LogP) is 5.18. The second kappa shape index (κ2) is 7.54. The van der Waals surface area contributed by atoms with E-state index in [-0.39, 0.29) is 0 Å². The van der Waals surface area contributed by atoms with Crippen molar-refractivity contribution in [3.05, 3.63) is 15.4 Å². The van der Waals surface area contributed by atoms with Crippen LogP contribution in [0.2, 0.25) is 3.43 Å². The van der Waals surface area contributed by atoms with E-state index < -0.39 is 21.1 Å². The molecule has 0 bridgehead atoms. The van der Waals surface area contributed by atoms with Crippen LogP contribution < -0.4 is 2.89 Å². The van der Waals surface area contributed by atoms with Gasteiger partial charge in [-0.15, -0.1) is 0 Å². The minimum absolute atomic E-state index is 0.410. The Hall–Kier alpha value is 0.979. The van der Waals surface area contributed by atoms with Gasteiger partial charge in [-0.05, 0) is 0 Å². The molecule has 1 rings (SSSR count). The molecule has 0 atom stereocenters. The van der Waals surface area contributed by atoms with Gasteiger partial charge in [0.05, 0.1) is 0 Å². The first-order valence-corrected chi connectivity index (χ1v) is 10.9. The predicted molar refractivity (Wildman–Crippen MR) is 85.0 cm³/mol. The van der Waals surface area contributed by atoms with Crippen LogP contribution in [0.1, 0.15) is 58.9 Å². The Bertz CT molecular complexity index is 338. The van der Waals surface area contributed by atoms with E-state index >= 15 is 0 Å². The summed E-state index contributed by atoms with van der Waals surface area (Å²) in [6.45, 7) is 9.42. The fourth-order valence-corrected chi connectivity index (χ4v) is 10.8. The number of unbranched alkanes of at least 4 members (excludes halogenated alkanes) is 3. The molecule has 0 aliphatic carbocycles. The third-order valence-electron chi connectivity index (χ3n) is 2.56. The molecule has 0 unspecified atom stereocenters. The van der Waals surface area contributed by atoms with Crippen LogP contribution in [0.15, 0.2) is 9.85 Å². The molecule has 0 saturated heterocycles. The summed E-state index contributed by atoms with van der Waals surface area (Å²) in [4.78, 5) is 0. The molecule has 2 radical (unpaired) electrons. The summed E-state index contributed by atoms with van der Waals surface area (Å²) >= 11 is 5.33. The number of hydrogen-bond acceptors (Lipinski definition) is 1. The van der Waals surface area contributed by atoms with Gasteiger partial charge in [-0.25, -0.2) is 0 Å². The molecule has 0 aromatic carbocycles. The van der Waals surface area contributed by atoms with Crippen LogP contribution in [0.4, 0.5) is 0 Å². The van der Waals surface area contributed by atoms with Gasteiger partial charge in [0.1, 0.15) is 0 Å². The third-order valence-corrected chi connectivity index (χ3v) is 9.14.